The maximum Gasteiger partial charge on any atom is 0.145 e. The maximum atomic E-state index is 6.56. The van der Waals surface area contributed by atoms with Crippen LogP contribution < -0.4 is 4.90 Å². The van der Waals surface area contributed by atoms with Gasteiger partial charge in [-0.3, -0.25) is 0 Å². The van der Waals surface area contributed by atoms with E-state index in [4.69, 9.17) is 4.42 Å². The second kappa shape index (κ2) is 7.32. The molecule has 4 heteroatoms. The molecule has 10 rings (SSSR count). The normalized spacial score (nSPS) is 12.9. The second-order valence-electron chi connectivity index (χ2n) is 10.5. The van der Waals surface area contributed by atoms with Gasteiger partial charge in [0.05, 0.1) is 43.9 Å². The van der Waals surface area contributed by atoms with E-state index in [2.05, 4.69) is 125 Å². The van der Waals surface area contributed by atoms with Crippen molar-refractivity contribution in [3.8, 4) is 5.69 Å². The molecule has 0 N–H and O–H groups in total. The van der Waals surface area contributed by atoms with Gasteiger partial charge < -0.3 is 13.9 Å². The zero-order valence-corrected chi connectivity index (χ0v) is 22.1. The molecule has 40 heavy (non-hydrogen) atoms. The predicted molar refractivity (Wildman–Crippen MR) is 169 cm³/mol. The summed E-state index contributed by atoms with van der Waals surface area (Å²) in [6.07, 6.45) is 0. The Morgan fingerprint density at radius 1 is 0.500 bits per heavy atom. The van der Waals surface area contributed by atoms with E-state index >= 15 is 0 Å². The van der Waals surface area contributed by atoms with Gasteiger partial charge in [0.2, 0.25) is 0 Å². The van der Waals surface area contributed by atoms with E-state index in [1.54, 1.807) is 0 Å². The first-order valence-electron chi connectivity index (χ1n) is 13.5. The molecule has 0 atom stereocenters. The molecule has 9 aromatic rings. The number of hydrogen-bond acceptors (Lipinski definition) is 3. The van der Waals surface area contributed by atoms with Crippen LogP contribution in [0.1, 0.15) is 0 Å². The standard InChI is InChI=1S/C36H20N2OS/c1-5-17-31-21(9-1)23-19-20-28-33(35(23)39-31)25-12-8-15-29-34(25)38(28)27-14-4-3-13-26(27)37(29)30-16-7-11-24-22-10-2-6-18-32(22)40-36(24)30/h1-20H. The van der Waals surface area contributed by atoms with Crippen LogP contribution in [0.15, 0.2) is 126 Å². The van der Waals surface area contributed by atoms with Crippen LogP contribution in [0.5, 0.6) is 0 Å². The molecule has 4 heterocycles. The molecule has 0 unspecified atom stereocenters. The first-order chi connectivity index (χ1) is 19.9. The van der Waals surface area contributed by atoms with Crippen molar-refractivity contribution in [1.82, 2.24) is 4.57 Å². The Hall–Kier alpha value is -5.06. The molecule has 1 aliphatic rings. The maximum absolute atomic E-state index is 6.56. The third-order valence-corrected chi connectivity index (χ3v) is 9.71. The van der Waals surface area contributed by atoms with Gasteiger partial charge in [-0.2, -0.15) is 0 Å². The molecular formula is C36H20N2OS. The van der Waals surface area contributed by atoms with Crippen LogP contribution in [-0.4, -0.2) is 4.57 Å². The summed E-state index contributed by atoms with van der Waals surface area (Å²) in [7, 11) is 0. The predicted octanol–water partition coefficient (Wildman–Crippen LogP) is 10.8. The van der Waals surface area contributed by atoms with Gasteiger partial charge in [-0.25, -0.2) is 0 Å². The minimum atomic E-state index is 0.926. The van der Waals surface area contributed by atoms with Gasteiger partial charge in [-0.15, -0.1) is 11.3 Å². The van der Waals surface area contributed by atoms with E-state index in [1.165, 1.54) is 64.7 Å². The Bertz CT molecular complexity index is 2510. The molecular weight excluding hydrogens is 508 g/mol. The number of hydrogen-bond donors (Lipinski definition) is 0. The Morgan fingerprint density at radius 3 is 2.12 bits per heavy atom. The topological polar surface area (TPSA) is 21.3 Å². The van der Waals surface area contributed by atoms with Crippen LogP contribution in [0.3, 0.4) is 0 Å². The van der Waals surface area contributed by atoms with Crippen LogP contribution in [0, 0.1) is 0 Å². The highest BCUT2D eigenvalue weighted by Gasteiger charge is 2.30. The average Bonchev–Trinajstić information content (AvgIpc) is 3.68. The number of rotatable bonds is 1. The fourth-order valence-corrected chi connectivity index (χ4v) is 8.09. The monoisotopic (exact) mass is 528 g/mol. The van der Waals surface area contributed by atoms with Crippen molar-refractivity contribution in [1.29, 1.82) is 0 Å². The number of furan rings is 1. The quantitative estimate of drug-likeness (QED) is 0.211. The van der Waals surface area contributed by atoms with Crippen molar-refractivity contribution >= 4 is 92.3 Å². The van der Waals surface area contributed by atoms with E-state index in [-0.39, 0.29) is 0 Å². The van der Waals surface area contributed by atoms with Gasteiger partial charge in [0.15, 0.2) is 0 Å². The molecule has 0 spiro atoms. The van der Waals surface area contributed by atoms with Crippen molar-refractivity contribution < 1.29 is 4.42 Å². The highest BCUT2D eigenvalue weighted by Crippen LogP contribution is 2.53. The Kier molecular flexibility index (Phi) is 3.81. The van der Waals surface area contributed by atoms with Gasteiger partial charge in [0.1, 0.15) is 11.2 Å². The summed E-state index contributed by atoms with van der Waals surface area (Å²) < 4.78 is 11.6. The molecule has 3 nitrogen and oxygen atoms in total. The summed E-state index contributed by atoms with van der Waals surface area (Å²) in [6, 6.07) is 43.7. The summed E-state index contributed by atoms with van der Waals surface area (Å²) in [5, 5.41) is 7.31. The summed E-state index contributed by atoms with van der Waals surface area (Å²) in [5.41, 5.74) is 9.01. The van der Waals surface area contributed by atoms with Gasteiger partial charge in [-0.05, 0) is 48.5 Å². The Balaban J connectivity index is 1.38. The summed E-state index contributed by atoms with van der Waals surface area (Å²) in [5.74, 6) is 0. The summed E-state index contributed by atoms with van der Waals surface area (Å²) >= 11 is 1.87. The number of para-hydroxylation sites is 4. The lowest BCUT2D eigenvalue weighted by Gasteiger charge is -2.33. The molecule has 0 radical (unpaired) electrons. The number of benzene rings is 6. The smallest absolute Gasteiger partial charge is 0.145 e. The number of nitrogens with zero attached hydrogens (tertiary/aromatic N) is 2. The van der Waals surface area contributed by atoms with E-state index in [0.717, 1.165) is 21.9 Å². The van der Waals surface area contributed by atoms with Gasteiger partial charge >= 0.3 is 0 Å². The molecule has 0 fully saturated rings. The summed E-state index contributed by atoms with van der Waals surface area (Å²) in [4.78, 5) is 2.46. The fraction of sp³-hybridized carbons (Fsp3) is 0. The van der Waals surface area contributed by atoms with Crippen LogP contribution in [-0.2, 0) is 0 Å². The zero-order valence-electron chi connectivity index (χ0n) is 21.3. The van der Waals surface area contributed by atoms with Crippen molar-refractivity contribution in [3.63, 3.8) is 0 Å². The van der Waals surface area contributed by atoms with Crippen LogP contribution >= 0.6 is 11.3 Å². The second-order valence-corrected chi connectivity index (χ2v) is 11.6. The molecule has 6 aromatic carbocycles. The van der Waals surface area contributed by atoms with Crippen LogP contribution in [0.25, 0.3) is 69.6 Å². The molecule has 3 aromatic heterocycles. The van der Waals surface area contributed by atoms with Crippen LogP contribution in [0.4, 0.5) is 17.1 Å². The molecule has 0 saturated carbocycles. The first kappa shape index (κ1) is 20.8. The number of aromatic nitrogens is 1. The number of anilines is 3. The third kappa shape index (κ3) is 2.46. The van der Waals surface area contributed by atoms with Gasteiger partial charge in [-0.1, -0.05) is 72.8 Å². The minimum Gasteiger partial charge on any atom is -0.455 e. The lowest BCUT2D eigenvalue weighted by atomic mass is 10.1. The SMILES string of the molecule is c1ccc2c(c1)N(c1cccc3c1sc1ccccc13)c1cccc3c4c5oc6ccccc6c5ccc4n-2c13. The van der Waals surface area contributed by atoms with E-state index in [0.29, 0.717) is 0 Å². The van der Waals surface area contributed by atoms with Gasteiger partial charge in [0, 0.05) is 31.6 Å². The van der Waals surface area contributed by atoms with Crippen molar-refractivity contribution in [2.24, 2.45) is 0 Å². The largest absolute Gasteiger partial charge is 0.455 e. The van der Waals surface area contributed by atoms with E-state index < -0.39 is 0 Å². The lowest BCUT2D eigenvalue weighted by molar-refractivity contribution is 0.673. The number of fused-ring (bicyclic) bond motifs is 12. The minimum absolute atomic E-state index is 0.926. The fourth-order valence-electron chi connectivity index (χ4n) is 6.88. The molecule has 0 aliphatic carbocycles. The van der Waals surface area contributed by atoms with Crippen molar-refractivity contribution in [2.75, 3.05) is 4.90 Å². The Labute approximate surface area is 232 Å². The van der Waals surface area contributed by atoms with Crippen molar-refractivity contribution in [2.45, 2.75) is 0 Å². The lowest BCUT2D eigenvalue weighted by Crippen LogP contribution is -2.18. The van der Waals surface area contributed by atoms with E-state index in [1.807, 2.05) is 17.4 Å². The summed E-state index contributed by atoms with van der Waals surface area (Å²) in [6.45, 7) is 0. The van der Waals surface area contributed by atoms with Crippen LogP contribution in [0.2, 0.25) is 0 Å². The highest BCUT2D eigenvalue weighted by atomic mass is 32.1. The van der Waals surface area contributed by atoms with Gasteiger partial charge in [0.25, 0.3) is 0 Å². The molecule has 0 amide bonds. The molecule has 1 aliphatic heterocycles. The highest BCUT2D eigenvalue weighted by molar-refractivity contribution is 7.26. The molecule has 0 bridgehead atoms. The first-order valence-corrected chi connectivity index (χ1v) is 14.4. The average molecular weight is 529 g/mol. The van der Waals surface area contributed by atoms with E-state index in [9.17, 15) is 0 Å². The zero-order chi connectivity index (χ0) is 25.9. The third-order valence-electron chi connectivity index (χ3n) is 8.50. The Morgan fingerprint density at radius 2 is 1.20 bits per heavy atom. The molecule has 0 saturated heterocycles. The van der Waals surface area contributed by atoms with Crippen molar-refractivity contribution in [3.05, 3.63) is 121 Å². The molecule has 186 valence electrons. The number of thiophene rings is 1.